The molecule has 1 amide bonds. The third kappa shape index (κ3) is 4.35. The predicted octanol–water partition coefficient (Wildman–Crippen LogP) is 3.83. The first-order chi connectivity index (χ1) is 10.5. The van der Waals surface area contributed by atoms with E-state index in [1.54, 1.807) is 30.3 Å². The third-order valence-corrected chi connectivity index (χ3v) is 3.51. The molecule has 0 aliphatic carbocycles. The molecule has 0 bridgehead atoms. The Labute approximate surface area is 140 Å². The Hall–Kier alpha value is -1.79. The lowest BCUT2D eigenvalue weighted by Gasteiger charge is -2.12. The van der Waals surface area contributed by atoms with Crippen LogP contribution in [0.25, 0.3) is 0 Å². The molecule has 0 heterocycles. The highest BCUT2D eigenvalue weighted by Crippen LogP contribution is 2.24. The van der Waals surface area contributed by atoms with Crippen LogP contribution >= 0.6 is 27.5 Å². The van der Waals surface area contributed by atoms with Crippen molar-refractivity contribution >= 4 is 39.1 Å². The first-order valence-corrected chi connectivity index (χ1v) is 7.55. The van der Waals surface area contributed by atoms with Crippen LogP contribution in [0.15, 0.2) is 40.9 Å². The zero-order valence-corrected chi connectivity index (χ0v) is 13.7. The summed E-state index contributed by atoms with van der Waals surface area (Å²) < 4.78 is 19.8. The Morgan fingerprint density at radius 3 is 2.64 bits per heavy atom. The molecule has 0 aromatic heterocycles. The maximum atomic E-state index is 13.8. The number of amides is 1. The number of nitrogens with two attached hydrogens (primary N) is 1. The number of ether oxygens (including phenoxy) is 1. The van der Waals surface area contributed by atoms with Crippen LogP contribution in [0.4, 0.5) is 10.1 Å². The second-order valence-electron chi connectivity index (χ2n) is 4.40. The number of hydrogen-bond acceptors (Lipinski definition) is 3. The normalized spacial score (nSPS) is 10.3. The summed E-state index contributed by atoms with van der Waals surface area (Å²) in [6.45, 7) is 0.701. The molecule has 7 heteroatoms. The van der Waals surface area contributed by atoms with Crippen molar-refractivity contribution in [3.8, 4) is 5.75 Å². The Bertz CT molecular complexity index is 680. The van der Waals surface area contributed by atoms with Gasteiger partial charge in [0, 0.05) is 16.0 Å². The van der Waals surface area contributed by atoms with Gasteiger partial charge >= 0.3 is 0 Å². The van der Waals surface area contributed by atoms with Crippen molar-refractivity contribution in [3.05, 3.63) is 57.3 Å². The quantitative estimate of drug-likeness (QED) is 0.740. The molecule has 0 unspecified atom stereocenters. The van der Waals surface area contributed by atoms with Crippen LogP contribution in [0.5, 0.6) is 5.75 Å². The summed E-state index contributed by atoms with van der Waals surface area (Å²) in [6.07, 6.45) is 0. The predicted molar refractivity (Wildman–Crippen MR) is 88.1 cm³/mol. The maximum Gasteiger partial charge on any atom is 0.253 e. The van der Waals surface area contributed by atoms with Gasteiger partial charge < -0.3 is 15.8 Å². The molecule has 0 aliphatic heterocycles. The van der Waals surface area contributed by atoms with E-state index >= 15 is 0 Å². The molecular weight excluding hydrogens is 375 g/mol. The monoisotopic (exact) mass is 386 g/mol. The fourth-order valence-electron chi connectivity index (χ4n) is 1.85. The average molecular weight is 388 g/mol. The number of halogens is 3. The molecule has 2 aromatic rings. The Morgan fingerprint density at radius 2 is 2.00 bits per heavy atom. The van der Waals surface area contributed by atoms with Crippen molar-refractivity contribution in [2.75, 3.05) is 18.5 Å². The fourth-order valence-corrected chi connectivity index (χ4v) is 2.40. The summed E-state index contributed by atoms with van der Waals surface area (Å²) in [6, 6.07) is 9.71. The summed E-state index contributed by atoms with van der Waals surface area (Å²) in [5, 5.41) is 3.56. The minimum atomic E-state index is -0.828. The molecule has 4 nitrogen and oxygen atoms in total. The van der Waals surface area contributed by atoms with Gasteiger partial charge in [0.15, 0.2) is 0 Å². The zero-order valence-electron chi connectivity index (χ0n) is 11.4. The molecule has 0 saturated carbocycles. The number of nitrogens with one attached hydrogen (secondary N) is 1. The number of primary amides is 1. The maximum absolute atomic E-state index is 13.8. The van der Waals surface area contributed by atoms with Gasteiger partial charge in [0.1, 0.15) is 18.2 Å². The molecule has 116 valence electrons. The molecule has 2 aromatic carbocycles. The SMILES string of the molecule is NC(=O)c1c(F)cc(Br)cc1NCCOc1ccc(Cl)cc1. The first kappa shape index (κ1) is 16.6. The van der Waals surface area contributed by atoms with Crippen molar-refractivity contribution in [2.24, 2.45) is 5.73 Å². The smallest absolute Gasteiger partial charge is 0.253 e. The molecular formula is C15H13BrClFN2O2. The molecule has 3 N–H and O–H groups in total. The average Bonchev–Trinajstić information content (AvgIpc) is 2.44. The van der Waals surface area contributed by atoms with E-state index in [1.165, 1.54) is 6.07 Å². The van der Waals surface area contributed by atoms with E-state index < -0.39 is 11.7 Å². The van der Waals surface area contributed by atoms with Crippen LogP contribution in [0.1, 0.15) is 10.4 Å². The van der Waals surface area contributed by atoms with Crippen LogP contribution in [0.3, 0.4) is 0 Å². The summed E-state index contributed by atoms with van der Waals surface area (Å²) in [7, 11) is 0. The largest absolute Gasteiger partial charge is 0.492 e. The van der Waals surface area contributed by atoms with Gasteiger partial charge in [-0.1, -0.05) is 27.5 Å². The number of carbonyl (C=O) groups is 1. The second-order valence-corrected chi connectivity index (χ2v) is 5.76. The van der Waals surface area contributed by atoms with Gasteiger partial charge in [-0.15, -0.1) is 0 Å². The van der Waals surface area contributed by atoms with Gasteiger partial charge in [0.05, 0.1) is 11.3 Å². The zero-order chi connectivity index (χ0) is 16.1. The van der Waals surface area contributed by atoms with Gasteiger partial charge in [0.2, 0.25) is 0 Å². The van der Waals surface area contributed by atoms with E-state index in [9.17, 15) is 9.18 Å². The summed E-state index contributed by atoms with van der Waals surface area (Å²) in [5.41, 5.74) is 5.34. The van der Waals surface area contributed by atoms with Gasteiger partial charge in [-0.25, -0.2) is 4.39 Å². The van der Waals surface area contributed by atoms with E-state index in [-0.39, 0.29) is 5.56 Å². The fraction of sp³-hybridized carbons (Fsp3) is 0.133. The Kier molecular flexibility index (Phi) is 5.63. The topological polar surface area (TPSA) is 64.4 Å². The van der Waals surface area contributed by atoms with E-state index in [1.807, 2.05) is 0 Å². The number of rotatable bonds is 6. The highest BCUT2D eigenvalue weighted by Gasteiger charge is 2.15. The number of carbonyl (C=O) groups excluding carboxylic acids is 1. The van der Waals surface area contributed by atoms with Gasteiger partial charge in [-0.05, 0) is 36.4 Å². The van der Waals surface area contributed by atoms with Crippen LogP contribution in [0, 0.1) is 5.82 Å². The summed E-state index contributed by atoms with van der Waals surface area (Å²) in [5.74, 6) is -0.837. The van der Waals surface area contributed by atoms with E-state index in [0.717, 1.165) is 0 Å². The van der Waals surface area contributed by atoms with Crippen LogP contribution < -0.4 is 15.8 Å². The van der Waals surface area contributed by atoms with Gasteiger partial charge in [-0.3, -0.25) is 4.79 Å². The van der Waals surface area contributed by atoms with Crippen LogP contribution in [0.2, 0.25) is 5.02 Å². The van der Waals surface area contributed by atoms with Crippen LogP contribution in [-0.4, -0.2) is 19.1 Å². The minimum absolute atomic E-state index is 0.172. The number of hydrogen-bond donors (Lipinski definition) is 2. The van der Waals surface area contributed by atoms with Crippen molar-refractivity contribution in [1.29, 1.82) is 0 Å². The van der Waals surface area contributed by atoms with E-state index in [2.05, 4.69) is 21.2 Å². The molecule has 2 rings (SSSR count). The molecule has 0 aliphatic rings. The molecule has 0 atom stereocenters. The lowest BCUT2D eigenvalue weighted by atomic mass is 10.1. The number of benzene rings is 2. The van der Waals surface area contributed by atoms with Crippen molar-refractivity contribution < 1.29 is 13.9 Å². The third-order valence-electron chi connectivity index (χ3n) is 2.80. The lowest BCUT2D eigenvalue weighted by molar-refractivity contribution is 0.0997. The molecule has 0 saturated heterocycles. The van der Waals surface area contributed by atoms with E-state index in [4.69, 9.17) is 22.1 Å². The second kappa shape index (κ2) is 7.47. The molecule has 22 heavy (non-hydrogen) atoms. The Morgan fingerprint density at radius 1 is 1.32 bits per heavy atom. The summed E-state index contributed by atoms with van der Waals surface area (Å²) in [4.78, 5) is 11.3. The first-order valence-electron chi connectivity index (χ1n) is 6.38. The van der Waals surface area contributed by atoms with Gasteiger partial charge in [0.25, 0.3) is 5.91 Å². The van der Waals surface area contributed by atoms with Crippen molar-refractivity contribution in [2.45, 2.75) is 0 Å². The lowest BCUT2D eigenvalue weighted by Crippen LogP contribution is -2.19. The Balaban J connectivity index is 1.97. The van der Waals surface area contributed by atoms with Crippen molar-refractivity contribution in [3.63, 3.8) is 0 Å². The molecule has 0 radical (unpaired) electrons. The van der Waals surface area contributed by atoms with Gasteiger partial charge in [-0.2, -0.15) is 0 Å². The van der Waals surface area contributed by atoms with E-state index in [0.29, 0.717) is 34.1 Å². The number of anilines is 1. The van der Waals surface area contributed by atoms with Crippen LogP contribution in [-0.2, 0) is 0 Å². The summed E-state index contributed by atoms with van der Waals surface area (Å²) >= 11 is 8.95. The standard InChI is InChI=1S/C15H13BrClFN2O2/c16-9-7-12(18)14(15(19)21)13(8-9)20-5-6-22-11-3-1-10(17)2-4-11/h1-4,7-8,20H,5-6H2,(H2,19,21). The van der Waals surface area contributed by atoms with Crippen molar-refractivity contribution in [1.82, 2.24) is 0 Å². The highest BCUT2D eigenvalue weighted by atomic mass is 79.9. The molecule has 0 spiro atoms. The highest BCUT2D eigenvalue weighted by molar-refractivity contribution is 9.10. The molecule has 0 fully saturated rings. The minimum Gasteiger partial charge on any atom is -0.492 e.